The van der Waals surface area contributed by atoms with Crippen LogP contribution in [0.4, 0.5) is 0 Å². The molecule has 0 bridgehead atoms. The molecule has 1 atom stereocenters. The zero-order chi connectivity index (χ0) is 14.2. The van der Waals surface area contributed by atoms with Crippen LogP contribution >= 0.6 is 0 Å². The molecule has 3 nitrogen and oxygen atoms in total. The fourth-order valence-electron chi connectivity index (χ4n) is 3.21. The van der Waals surface area contributed by atoms with Crippen molar-refractivity contribution in [2.24, 2.45) is 0 Å². The van der Waals surface area contributed by atoms with E-state index in [1.807, 2.05) is 24.3 Å². The predicted octanol–water partition coefficient (Wildman–Crippen LogP) is 3.27. The first-order valence-electron chi connectivity index (χ1n) is 7.20. The summed E-state index contributed by atoms with van der Waals surface area (Å²) < 4.78 is 0. The van der Waals surface area contributed by atoms with Gasteiger partial charge in [0.25, 0.3) is 0 Å². The smallest absolute Gasteiger partial charge is 0.0991 e. The van der Waals surface area contributed by atoms with E-state index in [2.05, 4.69) is 40.6 Å². The SMILES string of the molecule is N#Cc1ccc([C@@H]2NCCc3c2[nH]c2ccccc32)cc1. The number of nitriles is 1. The van der Waals surface area contributed by atoms with E-state index in [1.165, 1.54) is 27.7 Å². The van der Waals surface area contributed by atoms with Gasteiger partial charge >= 0.3 is 0 Å². The minimum Gasteiger partial charge on any atom is -0.357 e. The predicted molar refractivity (Wildman–Crippen MR) is 83.0 cm³/mol. The van der Waals surface area contributed by atoms with Crippen LogP contribution in [0.3, 0.4) is 0 Å². The number of aromatic amines is 1. The highest BCUT2D eigenvalue weighted by Crippen LogP contribution is 2.33. The third-order valence-corrected chi connectivity index (χ3v) is 4.23. The molecule has 2 N–H and O–H groups in total. The molecule has 0 saturated carbocycles. The molecule has 21 heavy (non-hydrogen) atoms. The number of nitrogens with zero attached hydrogens (tertiary/aromatic N) is 1. The molecule has 0 amide bonds. The Hall–Kier alpha value is -2.57. The molecule has 1 aliphatic heterocycles. The lowest BCUT2D eigenvalue weighted by molar-refractivity contribution is 0.560. The van der Waals surface area contributed by atoms with Crippen molar-refractivity contribution in [2.75, 3.05) is 6.54 Å². The highest BCUT2D eigenvalue weighted by Gasteiger charge is 2.24. The number of aromatic nitrogens is 1. The quantitative estimate of drug-likeness (QED) is 0.715. The van der Waals surface area contributed by atoms with Crippen LogP contribution in [0.2, 0.25) is 0 Å². The van der Waals surface area contributed by atoms with E-state index in [4.69, 9.17) is 5.26 Å². The monoisotopic (exact) mass is 273 g/mol. The van der Waals surface area contributed by atoms with Crippen molar-refractivity contribution in [3.05, 3.63) is 70.9 Å². The maximum absolute atomic E-state index is 8.92. The van der Waals surface area contributed by atoms with Crippen LogP contribution in [-0.4, -0.2) is 11.5 Å². The normalized spacial score (nSPS) is 17.4. The number of para-hydroxylation sites is 1. The number of benzene rings is 2. The van der Waals surface area contributed by atoms with Crippen molar-refractivity contribution in [3.8, 4) is 6.07 Å². The summed E-state index contributed by atoms with van der Waals surface area (Å²) in [5.74, 6) is 0. The molecule has 0 saturated heterocycles. The number of fused-ring (bicyclic) bond motifs is 3. The molecule has 0 unspecified atom stereocenters. The van der Waals surface area contributed by atoms with E-state index in [1.54, 1.807) is 0 Å². The largest absolute Gasteiger partial charge is 0.357 e. The van der Waals surface area contributed by atoms with E-state index in [9.17, 15) is 0 Å². The first kappa shape index (κ1) is 12.2. The molecule has 1 aromatic heterocycles. The first-order chi connectivity index (χ1) is 10.4. The Labute approximate surface area is 123 Å². The number of nitrogens with one attached hydrogen (secondary N) is 2. The Morgan fingerprint density at radius 2 is 1.86 bits per heavy atom. The van der Waals surface area contributed by atoms with Crippen LogP contribution in [0.15, 0.2) is 48.5 Å². The van der Waals surface area contributed by atoms with Gasteiger partial charge in [-0.05, 0) is 35.7 Å². The van der Waals surface area contributed by atoms with Crippen LogP contribution < -0.4 is 5.32 Å². The molecule has 0 radical (unpaired) electrons. The molecule has 3 aromatic rings. The van der Waals surface area contributed by atoms with Gasteiger partial charge in [0.15, 0.2) is 0 Å². The Kier molecular flexibility index (Phi) is 2.77. The van der Waals surface area contributed by atoms with E-state index < -0.39 is 0 Å². The van der Waals surface area contributed by atoms with Gasteiger partial charge in [-0.25, -0.2) is 0 Å². The molecular formula is C18H15N3. The zero-order valence-electron chi connectivity index (χ0n) is 11.6. The maximum atomic E-state index is 8.92. The maximum Gasteiger partial charge on any atom is 0.0991 e. The summed E-state index contributed by atoms with van der Waals surface area (Å²) in [6.07, 6.45) is 1.05. The van der Waals surface area contributed by atoms with E-state index in [0.717, 1.165) is 13.0 Å². The molecule has 0 aliphatic carbocycles. The highest BCUT2D eigenvalue weighted by atomic mass is 15.0. The summed E-state index contributed by atoms with van der Waals surface area (Å²) >= 11 is 0. The summed E-state index contributed by atoms with van der Waals surface area (Å²) in [6, 6.07) is 18.7. The Balaban J connectivity index is 1.84. The Bertz CT molecular complexity index is 837. The molecular weight excluding hydrogens is 258 g/mol. The molecule has 0 fully saturated rings. The average molecular weight is 273 g/mol. The average Bonchev–Trinajstić information content (AvgIpc) is 2.94. The number of hydrogen-bond acceptors (Lipinski definition) is 2. The van der Waals surface area contributed by atoms with E-state index in [0.29, 0.717) is 5.56 Å². The molecule has 2 heterocycles. The fraction of sp³-hybridized carbons (Fsp3) is 0.167. The molecule has 4 rings (SSSR count). The van der Waals surface area contributed by atoms with Crippen molar-refractivity contribution < 1.29 is 0 Å². The van der Waals surface area contributed by atoms with Gasteiger partial charge in [0.05, 0.1) is 17.7 Å². The molecule has 102 valence electrons. The minimum absolute atomic E-state index is 0.175. The van der Waals surface area contributed by atoms with E-state index in [-0.39, 0.29) is 6.04 Å². The zero-order valence-corrected chi connectivity index (χ0v) is 11.6. The number of rotatable bonds is 1. The number of H-pyrrole nitrogens is 1. The van der Waals surface area contributed by atoms with Crippen molar-refractivity contribution in [1.29, 1.82) is 5.26 Å². The second kappa shape index (κ2) is 4.76. The lowest BCUT2D eigenvalue weighted by atomic mass is 9.94. The van der Waals surface area contributed by atoms with Crippen LogP contribution in [-0.2, 0) is 6.42 Å². The van der Waals surface area contributed by atoms with Crippen LogP contribution in [0.1, 0.15) is 28.4 Å². The lowest BCUT2D eigenvalue weighted by Crippen LogP contribution is -2.30. The Morgan fingerprint density at radius 3 is 2.67 bits per heavy atom. The van der Waals surface area contributed by atoms with Crippen LogP contribution in [0, 0.1) is 11.3 Å². The van der Waals surface area contributed by atoms with E-state index >= 15 is 0 Å². The Morgan fingerprint density at radius 1 is 1.05 bits per heavy atom. The summed E-state index contributed by atoms with van der Waals surface area (Å²) in [5, 5.41) is 13.8. The lowest BCUT2D eigenvalue weighted by Gasteiger charge is -2.24. The molecule has 3 heteroatoms. The van der Waals surface area contributed by atoms with Gasteiger partial charge in [0.1, 0.15) is 0 Å². The highest BCUT2D eigenvalue weighted by molar-refractivity contribution is 5.85. The van der Waals surface area contributed by atoms with Gasteiger partial charge < -0.3 is 10.3 Å². The van der Waals surface area contributed by atoms with Gasteiger partial charge in [-0.3, -0.25) is 0 Å². The van der Waals surface area contributed by atoms with Gasteiger partial charge in [-0.15, -0.1) is 0 Å². The minimum atomic E-state index is 0.175. The second-order valence-corrected chi connectivity index (χ2v) is 5.43. The van der Waals surface area contributed by atoms with Gasteiger partial charge in [-0.1, -0.05) is 30.3 Å². The molecule has 2 aromatic carbocycles. The molecule has 1 aliphatic rings. The summed E-state index contributed by atoms with van der Waals surface area (Å²) in [6.45, 7) is 0.972. The summed E-state index contributed by atoms with van der Waals surface area (Å²) in [5.41, 5.74) is 5.77. The standard InChI is InChI=1S/C18H15N3/c19-11-12-5-7-13(8-6-12)17-18-15(9-10-20-17)14-3-1-2-4-16(14)21-18/h1-8,17,20-21H,9-10H2/t17-/m0/s1. The van der Waals surface area contributed by atoms with Crippen molar-refractivity contribution in [1.82, 2.24) is 10.3 Å². The summed E-state index contributed by atoms with van der Waals surface area (Å²) in [7, 11) is 0. The van der Waals surface area contributed by atoms with Crippen LogP contribution in [0.25, 0.3) is 10.9 Å². The van der Waals surface area contributed by atoms with Gasteiger partial charge in [0.2, 0.25) is 0 Å². The van der Waals surface area contributed by atoms with Crippen LogP contribution in [0.5, 0.6) is 0 Å². The van der Waals surface area contributed by atoms with Crippen molar-refractivity contribution in [3.63, 3.8) is 0 Å². The second-order valence-electron chi connectivity index (χ2n) is 5.43. The van der Waals surface area contributed by atoms with Gasteiger partial charge in [0, 0.05) is 23.1 Å². The fourth-order valence-corrected chi connectivity index (χ4v) is 3.21. The van der Waals surface area contributed by atoms with Crippen molar-refractivity contribution in [2.45, 2.75) is 12.5 Å². The first-order valence-corrected chi connectivity index (χ1v) is 7.20. The molecule has 0 spiro atoms. The number of hydrogen-bond donors (Lipinski definition) is 2. The third kappa shape index (κ3) is 1.93. The third-order valence-electron chi connectivity index (χ3n) is 4.23. The summed E-state index contributed by atoms with van der Waals surface area (Å²) in [4.78, 5) is 3.57. The van der Waals surface area contributed by atoms with Gasteiger partial charge in [-0.2, -0.15) is 5.26 Å². The topological polar surface area (TPSA) is 51.6 Å². The van der Waals surface area contributed by atoms with Crippen molar-refractivity contribution >= 4 is 10.9 Å².